The second kappa shape index (κ2) is 9.51. The molecule has 0 atom stereocenters. The molecule has 9 heteroatoms. The van der Waals surface area contributed by atoms with Crippen molar-refractivity contribution in [1.82, 2.24) is 15.0 Å². The van der Waals surface area contributed by atoms with Crippen molar-refractivity contribution in [2.24, 2.45) is 0 Å². The number of pyridine rings is 1. The van der Waals surface area contributed by atoms with Gasteiger partial charge in [-0.15, -0.1) is 0 Å². The van der Waals surface area contributed by atoms with Crippen LogP contribution in [0.4, 0.5) is 10.5 Å². The molecule has 0 saturated carbocycles. The largest absolute Gasteiger partial charge is 0.334 e. The van der Waals surface area contributed by atoms with Gasteiger partial charge in [-0.2, -0.15) is 0 Å². The molecule has 0 aliphatic carbocycles. The number of hydrogen-bond donors (Lipinski definition) is 3. The maximum Gasteiger partial charge on any atom is 0.319 e. The molecule has 3 rings (SSSR count). The van der Waals surface area contributed by atoms with Gasteiger partial charge in [-0.1, -0.05) is 35.9 Å². The summed E-state index contributed by atoms with van der Waals surface area (Å²) in [5.41, 5.74) is 2.02. The summed E-state index contributed by atoms with van der Waals surface area (Å²) in [5, 5.41) is 5.85. The molecule has 0 unspecified atom stereocenters. The first-order valence-electron chi connectivity index (χ1n) is 8.71. The zero-order valence-corrected chi connectivity index (χ0v) is 16.9. The molecular formula is C20H19ClN4O3S. The second-order valence-electron chi connectivity index (χ2n) is 6.11. The first-order valence-corrected chi connectivity index (χ1v) is 10.6. The highest BCUT2D eigenvalue weighted by Crippen LogP contribution is 2.17. The van der Waals surface area contributed by atoms with Crippen molar-refractivity contribution in [3.05, 3.63) is 89.2 Å². The van der Waals surface area contributed by atoms with E-state index in [1.54, 1.807) is 42.7 Å². The highest BCUT2D eigenvalue weighted by atomic mass is 35.5. The van der Waals surface area contributed by atoms with E-state index in [0.717, 1.165) is 5.56 Å². The van der Waals surface area contributed by atoms with Crippen LogP contribution in [0.2, 0.25) is 5.02 Å². The SMILES string of the molecule is O=C(NCc1cccnc1)Nc1ccc(S(=O)(=O)NCc2ccccc2Cl)cc1. The smallest absolute Gasteiger partial charge is 0.319 e. The van der Waals surface area contributed by atoms with Gasteiger partial charge in [-0.3, -0.25) is 4.98 Å². The van der Waals surface area contributed by atoms with Gasteiger partial charge in [0, 0.05) is 36.2 Å². The topological polar surface area (TPSA) is 100 Å². The molecule has 150 valence electrons. The summed E-state index contributed by atoms with van der Waals surface area (Å²) in [5.74, 6) is 0. The fourth-order valence-corrected chi connectivity index (χ4v) is 3.68. The Kier molecular flexibility index (Phi) is 6.82. The van der Waals surface area contributed by atoms with Gasteiger partial charge in [-0.05, 0) is 47.5 Å². The van der Waals surface area contributed by atoms with Crippen molar-refractivity contribution in [2.45, 2.75) is 18.0 Å². The van der Waals surface area contributed by atoms with Gasteiger partial charge in [0.05, 0.1) is 4.90 Å². The number of urea groups is 1. The molecule has 1 aromatic heterocycles. The normalized spacial score (nSPS) is 11.1. The van der Waals surface area contributed by atoms with Crippen LogP contribution < -0.4 is 15.4 Å². The Hall–Kier alpha value is -2.94. The van der Waals surface area contributed by atoms with E-state index in [1.807, 2.05) is 6.07 Å². The minimum atomic E-state index is -3.71. The molecule has 0 bridgehead atoms. The maximum atomic E-state index is 12.4. The molecule has 0 fully saturated rings. The number of halogens is 1. The number of benzene rings is 2. The molecule has 2 amide bonds. The van der Waals surface area contributed by atoms with E-state index in [9.17, 15) is 13.2 Å². The quantitative estimate of drug-likeness (QED) is 0.533. The lowest BCUT2D eigenvalue weighted by molar-refractivity contribution is 0.251. The monoisotopic (exact) mass is 430 g/mol. The molecule has 3 aromatic rings. The molecular weight excluding hydrogens is 412 g/mol. The Morgan fingerprint density at radius 3 is 2.41 bits per heavy atom. The van der Waals surface area contributed by atoms with E-state index < -0.39 is 16.1 Å². The van der Waals surface area contributed by atoms with Gasteiger partial charge in [-0.25, -0.2) is 17.9 Å². The number of rotatable bonds is 7. The first-order chi connectivity index (χ1) is 13.9. The van der Waals surface area contributed by atoms with Crippen LogP contribution in [0, 0.1) is 0 Å². The van der Waals surface area contributed by atoms with Crippen LogP contribution in [-0.2, 0) is 23.1 Å². The maximum absolute atomic E-state index is 12.4. The molecule has 0 spiro atoms. The number of carbonyl (C=O) groups excluding carboxylic acids is 1. The van der Waals surface area contributed by atoms with E-state index in [-0.39, 0.29) is 11.4 Å². The minimum Gasteiger partial charge on any atom is -0.334 e. The van der Waals surface area contributed by atoms with Crippen LogP contribution >= 0.6 is 11.6 Å². The Morgan fingerprint density at radius 1 is 0.966 bits per heavy atom. The zero-order chi connectivity index (χ0) is 20.7. The van der Waals surface area contributed by atoms with E-state index in [4.69, 9.17) is 11.6 Å². The van der Waals surface area contributed by atoms with Gasteiger partial charge in [0.2, 0.25) is 10.0 Å². The third kappa shape index (κ3) is 6.02. The van der Waals surface area contributed by atoms with Crippen LogP contribution in [0.3, 0.4) is 0 Å². The highest BCUT2D eigenvalue weighted by Gasteiger charge is 2.14. The number of nitrogens with zero attached hydrogens (tertiary/aromatic N) is 1. The summed E-state index contributed by atoms with van der Waals surface area (Å²) in [6.45, 7) is 0.414. The predicted molar refractivity (Wildman–Crippen MR) is 112 cm³/mol. The number of hydrogen-bond acceptors (Lipinski definition) is 4. The number of sulfonamides is 1. The average molecular weight is 431 g/mol. The summed E-state index contributed by atoms with van der Waals surface area (Å²) in [4.78, 5) is 16.0. The summed E-state index contributed by atoms with van der Waals surface area (Å²) in [6, 6.07) is 16.1. The van der Waals surface area contributed by atoms with Crippen molar-refractivity contribution in [3.63, 3.8) is 0 Å². The van der Waals surface area contributed by atoms with Crippen molar-refractivity contribution in [1.29, 1.82) is 0 Å². The van der Waals surface area contributed by atoms with E-state index >= 15 is 0 Å². The van der Waals surface area contributed by atoms with Crippen LogP contribution in [-0.4, -0.2) is 19.4 Å². The summed E-state index contributed by atoms with van der Waals surface area (Å²) < 4.78 is 27.4. The molecule has 2 aromatic carbocycles. The van der Waals surface area contributed by atoms with Crippen LogP contribution in [0.1, 0.15) is 11.1 Å². The lowest BCUT2D eigenvalue weighted by Gasteiger charge is -2.10. The zero-order valence-electron chi connectivity index (χ0n) is 15.3. The fourth-order valence-electron chi connectivity index (χ4n) is 2.48. The van der Waals surface area contributed by atoms with Crippen LogP contribution in [0.25, 0.3) is 0 Å². The molecule has 0 aliphatic heterocycles. The van der Waals surface area contributed by atoms with Gasteiger partial charge in [0.15, 0.2) is 0 Å². The lowest BCUT2D eigenvalue weighted by Crippen LogP contribution is -2.28. The molecule has 0 saturated heterocycles. The Bertz CT molecular complexity index is 1070. The predicted octanol–water partition coefficient (Wildman–Crippen LogP) is 3.54. The standard InChI is InChI=1S/C20H19ClN4O3S/c21-19-6-2-1-5-16(19)14-24-29(27,28)18-9-7-17(8-10-18)25-20(26)23-13-15-4-3-11-22-12-15/h1-12,24H,13-14H2,(H2,23,25,26). The van der Waals surface area contributed by atoms with Gasteiger partial charge in [0.25, 0.3) is 0 Å². The van der Waals surface area contributed by atoms with Crippen molar-refractivity contribution >= 4 is 33.3 Å². The van der Waals surface area contributed by atoms with E-state index in [1.165, 1.54) is 24.3 Å². The minimum absolute atomic E-state index is 0.0821. The summed E-state index contributed by atoms with van der Waals surface area (Å²) in [7, 11) is -3.71. The lowest BCUT2D eigenvalue weighted by atomic mass is 10.2. The number of aromatic nitrogens is 1. The Labute approximate surface area is 174 Å². The third-order valence-electron chi connectivity index (χ3n) is 4.01. The Balaban J connectivity index is 1.56. The summed E-state index contributed by atoms with van der Waals surface area (Å²) in [6.07, 6.45) is 3.32. The number of anilines is 1. The number of nitrogens with one attached hydrogen (secondary N) is 3. The fraction of sp³-hybridized carbons (Fsp3) is 0.100. The van der Waals surface area contributed by atoms with Crippen molar-refractivity contribution in [2.75, 3.05) is 5.32 Å². The van der Waals surface area contributed by atoms with E-state index in [2.05, 4.69) is 20.3 Å². The second-order valence-corrected chi connectivity index (χ2v) is 8.28. The molecule has 0 radical (unpaired) electrons. The Morgan fingerprint density at radius 2 is 1.72 bits per heavy atom. The molecule has 0 aliphatic rings. The van der Waals surface area contributed by atoms with Crippen molar-refractivity contribution in [3.8, 4) is 0 Å². The molecule has 29 heavy (non-hydrogen) atoms. The number of amides is 2. The molecule has 7 nitrogen and oxygen atoms in total. The summed E-state index contributed by atoms with van der Waals surface area (Å²) >= 11 is 6.05. The van der Waals surface area contributed by atoms with Crippen LogP contribution in [0.15, 0.2) is 78.0 Å². The van der Waals surface area contributed by atoms with Crippen molar-refractivity contribution < 1.29 is 13.2 Å². The van der Waals surface area contributed by atoms with Gasteiger partial charge >= 0.3 is 6.03 Å². The van der Waals surface area contributed by atoms with Gasteiger partial charge in [0.1, 0.15) is 0 Å². The highest BCUT2D eigenvalue weighted by molar-refractivity contribution is 7.89. The number of carbonyl (C=O) groups is 1. The van der Waals surface area contributed by atoms with E-state index in [0.29, 0.717) is 22.8 Å². The average Bonchev–Trinajstić information content (AvgIpc) is 2.73. The third-order valence-corrected chi connectivity index (χ3v) is 5.79. The molecule has 1 heterocycles. The van der Waals surface area contributed by atoms with Crippen LogP contribution in [0.5, 0.6) is 0 Å². The molecule has 3 N–H and O–H groups in total. The van der Waals surface area contributed by atoms with Gasteiger partial charge < -0.3 is 10.6 Å². The first kappa shape index (κ1) is 20.8.